The molecule has 1 unspecified atom stereocenters. The second kappa shape index (κ2) is 4.33. The summed E-state index contributed by atoms with van der Waals surface area (Å²) in [5.41, 5.74) is 0. The molecule has 1 atom stereocenters. The van der Waals surface area contributed by atoms with Gasteiger partial charge in [-0.1, -0.05) is 5.16 Å². The van der Waals surface area contributed by atoms with Gasteiger partial charge in [0.05, 0.1) is 5.92 Å². The Balaban J connectivity index is 1.82. The van der Waals surface area contributed by atoms with Crippen LogP contribution in [0, 0.1) is 6.92 Å². The summed E-state index contributed by atoms with van der Waals surface area (Å²) in [6.45, 7) is 3.89. The summed E-state index contributed by atoms with van der Waals surface area (Å²) in [5, 5.41) is 7.30. The van der Waals surface area contributed by atoms with Crippen LogP contribution in [-0.4, -0.2) is 23.2 Å². The van der Waals surface area contributed by atoms with E-state index in [1.165, 1.54) is 0 Å². The van der Waals surface area contributed by atoms with Crippen molar-refractivity contribution in [3.63, 3.8) is 0 Å². The Morgan fingerprint density at radius 3 is 3.06 bits per heavy atom. The number of furan rings is 1. The highest BCUT2D eigenvalue weighted by atomic mass is 16.5. The van der Waals surface area contributed by atoms with Crippen LogP contribution in [0.15, 0.2) is 21.1 Å². The highest BCUT2D eigenvalue weighted by Gasteiger charge is 2.22. The Morgan fingerprint density at radius 2 is 2.35 bits per heavy atom. The smallest absolute Gasteiger partial charge is 0.238 e. The van der Waals surface area contributed by atoms with Crippen molar-refractivity contribution in [3.8, 4) is 11.6 Å². The average Bonchev–Trinajstić information content (AvgIpc) is 2.98. The second-order valence-corrected chi connectivity index (χ2v) is 4.41. The third-order valence-electron chi connectivity index (χ3n) is 3.05. The summed E-state index contributed by atoms with van der Waals surface area (Å²) < 4.78 is 10.8. The van der Waals surface area contributed by atoms with E-state index in [0.29, 0.717) is 23.4 Å². The van der Waals surface area contributed by atoms with Crippen LogP contribution in [0.2, 0.25) is 0 Å². The van der Waals surface area contributed by atoms with Gasteiger partial charge in [-0.05, 0) is 38.4 Å². The molecule has 3 heterocycles. The number of aryl methyl sites for hydroxylation is 1. The zero-order valence-electron chi connectivity index (χ0n) is 9.77. The van der Waals surface area contributed by atoms with Crippen molar-refractivity contribution in [2.24, 2.45) is 0 Å². The number of rotatable bonds is 2. The lowest BCUT2D eigenvalue weighted by atomic mass is 10.00. The van der Waals surface area contributed by atoms with Gasteiger partial charge < -0.3 is 14.3 Å². The van der Waals surface area contributed by atoms with Crippen LogP contribution in [0.25, 0.3) is 11.6 Å². The number of hydrogen-bond acceptors (Lipinski definition) is 5. The van der Waals surface area contributed by atoms with Crippen LogP contribution < -0.4 is 5.32 Å². The molecule has 1 saturated heterocycles. The lowest BCUT2D eigenvalue weighted by Gasteiger charge is -2.18. The van der Waals surface area contributed by atoms with Crippen molar-refractivity contribution in [1.82, 2.24) is 15.5 Å². The molecule has 3 rings (SSSR count). The molecule has 1 aliphatic heterocycles. The minimum atomic E-state index is 0.334. The largest absolute Gasteiger partial charge is 0.458 e. The summed E-state index contributed by atoms with van der Waals surface area (Å²) in [5.74, 6) is 3.10. The molecule has 0 spiro atoms. The summed E-state index contributed by atoms with van der Waals surface area (Å²) in [6, 6.07) is 3.76. The maximum Gasteiger partial charge on any atom is 0.238 e. The molecule has 17 heavy (non-hydrogen) atoms. The molecule has 5 nitrogen and oxygen atoms in total. The molecule has 0 aliphatic carbocycles. The minimum absolute atomic E-state index is 0.334. The summed E-state index contributed by atoms with van der Waals surface area (Å²) in [7, 11) is 0. The Hall–Kier alpha value is -1.62. The van der Waals surface area contributed by atoms with Crippen molar-refractivity contribution in [1.29, 1.82) is 0 Å². The summed E-state index contributed by atoms with van der Waals surface area (Å²) in [6.07, 6.45) is 2.26. The van der Waals surface area contributed by atoms with Crippen LogP contribution in [0.1, 0.15) is 30.4 Å². The van der Waals surface area contributed by atoms with E-state index in [0.717, 1.165) is 31.7 Å². The van der Waals surface area contributed by atoms with Gasteiger partial charge in [0.15, 0.2) is 5.76 Å². The van der Waals surface area contributed by atoms with E-state index in [9.17, 15) is 0 Å². The van der Waals surface area contributed by atoms with Gasteiger partial charge in [0.1, 0.15) is 5.76 Å². The Bertz CT molecular complexity index is 497. The van der Waals surface area contributed by atoms with E-state index in [2.05, 4.69) is 15.5 Å². The van der Waals surface area contributed by atoms with Crippen molar-refractivity contribution in [2.75, 3.05) is 13.1 Å². The molecule has 90 valence electrons. The van der Waals surface area contributed by atoms with Crippen LogP contribution in [-0.2, 0) is 0 Å². The maximum atomic E-state index is 5.47. The fourth-order valence-electron chi connectivity index (χ4n) is 2.12. The fraction of sp³-hybridized carbons (Fsp3) is 0.500. The summed E-state index contributed by atoms with van der Waals surface area (Å²) in [4.78, 5) is 4.41. The van der Waals surface area contributed by atoms with E-state index in [1.807, 2.05) is 19.1 Å². The molecule has 0 radical (unpaired) electrons. The standard InChI is InChI=1S/C12H15N3O2/c1-8-4-5-10(16-8)11-14-12(17-15-11)9-3-2-6-13-7-9/h4-5,9,13H,2-3,6-7H2,1H3. The van der Waals surface area contributed by atoms with Gasteiger partial charge in [-0.2, -0.15) is 4.98 Å². The average molecular weight is 233 g/mol. The van der Waals surface area contributed by atoms with Gasteiger partial charge in [-0.25, -0.2) is 0 Å². The van der Waals surface area contributed by atoms with Crippen LogP contribution in [0.3, 0.4) is 0 Å². The van der Waals surface area contributed by atoms with E-state index in [-0.39, 0.29) is 0 Å². The van der Waals surface area contributed by atoms with Crippen molar-refractivity contribution >= 4 is 0 Å². The zero-order chi connectivity index (χ0) is 11.7. The monoisotopic (exact) mass is 233 g/mol. The highest BCUT2D eigenvalue weighted by Crippen LogP contribution is 2.25. The van der Waals surface area contributed by atoms with E-state index in [1.54, 1.807) is 0 Å². The minimum Gasteiger partial charge on any atom is -0.458 e. The quantitative estimate of drug-likeness (QED) is 0.860. The number of piperidine rings is 1. The Morgan fingerprint density at radius 1 is 1.41 bits per heavy atom. The summed E-state index contributed by atoms with van der Waals surface area (Å²) >= 11 is 0. The first-order valence-corrected chi connectivity index (χ1v) is 5.94. The SMILES string of the molecule is Cc1ccc(-c2noc(C3CCCNC3)n2)o1. The molecule has 2 aromatic rings. The van der Waals surface area contributed by atoms with Crippen molar-refractivity contribution < 1.29 is 8.94 Å². The molecule has 2 aromatic heterocycles. The number of hydrogen-bond donors (Lipinski definition) is 1. The molecule has 0 saturated carbocycles. The lowest BCUT2D eigenvalue weighted by molar-refractivity contribution is 0.322. The Kier molecular flexibility index (Phi) is 2.68. The van der Waals surface area contributed by atoms with E-state index in [4.69, 9.17) is 8.94 Å². The van der Waals surface area contributed by atoms with Gasteiger partial charge in [-0.3, -0.25) is 0 Å². The molecule has 1 fully saturated rings. The third kappa shape index (κ3) is 2.10. The van der Waals surface area contributed by atoms with Crippen LogP contribution >= 0.6 is 0 Å². The first-order valence-electron chi connectivity index (χ1n) is 5.94. The molecule has 0 bridgehead atoms. The van der Waals surface area contributed by atoms with Gasteiger partial charge in [-0.15, -0.1) is 0 Å². The fourth-order valence-corrected chi connectivity index (χ4v) is 2.12. The second-order valence-electron chi connectivity index (χ2n) is 4.41. The van der Waals surface area contributed by atoms with Crippen LogP contribution in [0.4, 0.5) is 0 Å². The highest BCUT2D eigenvalue weighted by molar-refractivity contribution is 5.45. The number of nitrogens with zero attached hydrogens (tertiary/aromatic N) is 2. The first-order chi connectivity index (χ1) is 8.33. The zero-order valence-corrected chi connectivity index (χ0v) is 9.77. The lowest BCUT2D eigenvalue weighted by Crippen LogP contribution is -2.28. The topological polar surface area (TPSA) is 64.1 Å². The van der Waals surface area contributed by atoms with Crippen molar-refractivity contribution in [3.05, 3.63) is 23.8 Å². The van der Waals surface area contributed by atoms with E-state index >= 15 is 0 Å². The molecular weight excluding hydrogens is 218 g/mol. The predicted molar refractivity (Wildman–Crippen MR) is 61.6 cm³/mol. The number of aromatic nitrogens is 2. The van der Waals surface area contributed by atoms with Gasteiger partial charge in [0.25, 0.3) is 0 Å². The van der Waals surface area contributed by atoms with Crippen molar-refractivity contribution in [2.45, 2.75) is 25.7 Å². The molecule has 5 heteroatoms. The normalized spacial score (nSPS) is 20.6. The predicted octanol–water partition coefficient (Wildman–Crippen LogP) is 2.11. The van der Waals surface area contributed by atoms with Crippen LogP contribution in [0.5, 0.6) is 0 Å². The first kappa shape index (κ1) is 10.5. The molecule has 1 N–H and O–H groups in total. The molecule has 0 aromatic carbocycles. The molecule has 0 amide bonds. The Labute approximate surface area is 99.2 Å². The number of nitrogens with one attached hydrogen (secondary N) is 1. The third-order valence-corrected chi connectivity index (χ3v) is 3.05. The molecule has 1 aliphatic rings. The van der Waals surface area contributed by atoms with Gasteiger partial charge >= 0.3 is 0 Å². The van der Waals surface area contributed by atoms with E-state index < -0.39 is 0 Å². The maximum absolute atomic E-state index is 5.47. The van der Waals surface area contributed by atoms with Gasteiger partial charge in [0, 0.05) is 6.54 Å². The molecular formula is C12H15N3O2. The van der Waals surface area contributed by atoms with Gasteiger partial charge in [0.2, 0.25) is 11.7 Å².